The topological polar surface area (TPSA) is 41.5 Å². The van der Waals surface area contributed by atoms with Gasteiger partial charge in [-0.25, -0.2) is 17.6 Å². The van der Waals surface area contributed by atoms with E-state index >= 15 is 0 Å². The monoisotopic (exact) mass is 351 g/mol. The highest BCUT2D eigenvalue weighted by atomic mass is 32.2. The minimum Gasteiger partial charge on any atom is -0.691 e. The molecular formula is C13H7F4O3S2-. The predicted molar refractivity (Wildman–Crippen MR) is 70.3 cm³/mol. The normalized spacial score (nSPS) is 11.0. The Morgan fingerprint density at radius 3 is 1.95 bits per heavy atom. The van der Waals surface area contributed by atoms with Crippen molar-refractivity contribution in [1.82, 2.24) is 0 Å². The van der Waals surface area contributed by atoms with Gasteiger partial charge in [-0.2, -0.15) is 4.33 Å². The summed E-state index contributed by atoms with van der Waals surface area (Å²) in [7, 11) is 0. The van der Waals surface area contributed by atoms with Gasteiger partial charge in [-0.1, -0.05) is 30.3 Å². The number of hydrogen-bond acceptors (Lipinski definition) is 5. The molecule has 0 N–H and O–H groups in total. The van der Waals surface area contributed by atoms with E-state index in [4.69, 9.17) is 0 Å². The van der Waals surface area contributed by atoms with Crippen LogP contribution in [0.5, 0.6) is 0 Å². The summed E-state index contributed by atoms with van der Waals surface area (Å²) in [5, 5.41) is 12.5. The maximum Gasteiger partial charge on any atom is 0.179 e. The smallest absolute Gasteiger partial charge is 0.179 e. The zero-order chi connectivity index (χ0) is 16.1. The Kier molecular flexibility index (Phi) is 6.09. The van der Waals surface area contributed by atoms with Crippen LogP contribution in [0.4, 0.5) is 17.6 Å². The van der Waals surface area contributed by atoms with Gasteiger partial charge in [0, 0.05) is 5.75 Å². The van der Waals surface area contributed by atoms with Gasteiger partial charge in [-0.3, -0.25) is 5.04 Å². The Bertz CT molecular complexity index is 626. The molecular weight excluding hydrogens is 344 g/mol. The van der Waals surface area contributed by atoms with Gasteiger partial charge in [-0.15, -0.1) is 11.8 Å². The van der Waals surface area contributed by atoms with E-state index in [2.05, 4.69) is 9.37 Å². The minimum atomic E-state index is -1.66. The van der Waals surface area contributed by atoms with Crippen molar-refractivity contribution in [1.29, 1.82) is 0 Å². The molecule has 0 aliphatic rings. The lowest BCUT2D eigenvalue weighted by Crippen LogP contribution is -2.05. The van der Waals surface area contributed by atoms with Crippen LogP contribution in [0.3, 0.4) is 0 Å². The molecule has 0 amide bonds. The molecule has 0 saturated carbocycles. The van der Waals surface area contributed by atoms with Gasteiger partial charge in [-0.05, 0) is 5.56 Å². The van der Waals surface area contributed by atoms with E-state index in [1.54, 1.807) is 30.3 Å². The largest absolute Gasteiger partial charge is 0.691 e. The van der Waals surface area contributed by atoms with Crippen molar-refractivity contribution in [2.75, 3.05) is 0 Å². The van der Waals surface area contributed by atoms with Crippen LogP contribution in [0, 0.1) is 23.3 Å². The van der Waals surface area contributed by atoms with Crippen LogP contribution in [0.1, 0.15) is 5.56 Å². The summed E-state index contributed by atoms with van der Waals surface area (Å²) < 4.78 is 58.8. The Labute approximate surface area is 131 Å². The van der Waals surface area contributed by atoms with Crippen LogP contribution >= 0.6 is 23.8 Å². The molecule has 9 heteroatoms. The second kappa shape index (κ2) is 7.84. The molecule has 22 heavy (non-hydrogen) atoms. The fraction of sp³-hybridized carbons (Fsp3) is 0.0769. The Balaban J connectivity index is 2.28. The maximum absolute atomic E-state index is 13.8. The minimum absolute atomic E-state index is 0.125. The average Bonchev–Trinajstić information content (AvgIpc) is 2.54. The third-order valence-electron chi connectivity index (χ3n) is 2.55. The van der Waals surface area contributed by atoms with Crippen LogP contribution in [0.15, 0.2) is 40.1 Å². The number of benzene rings is 2. The number of rotatable bonds is 6. The Morgan fingerprint density at radius 1 is 0.864 bits per heavy atom. The molecule has 0 aliphatic carbocycles. The van der Waals surface area contributed by atoms with Crippen LogP contribution in [-0.4, -0.2) is 0 Å². The number of halogens is 4. The maximum atomic E-state index is 13.8. The molecule has 2 aromatic rings. The van der Waals surface area contributed by atoms with E-state index < -0.39 is 33.1 Å². The standard InChI is InChI=1S/C13H8F4O3S2/c14-8-10(16)13(22-20-19-18)11(17)9(15)12(8)21-6-7-4-2-1-3-5-7/h1-5,18H,6H2/p-1. The van der Waals surface area contributed by atoms with Gasteiger partial charge in [0.1, 0.15) is 4.90 Å². The van der Waals surface area contributed by atoms with Crippen molar-refractivity contribution in [3.63, 3.8) is 0 Å². The molecule has 0 radical (unpaired) electrons. The summed E-state index contributed by atoms with van der Waals surface area (Å²) in [5.41, 5.74) is 0.730. The highest BCUT2D eigenvalue weighted by molar-refractivity contribution is 7.98. The molecule has 0 spiro atoms. The lowest BCUT2D eigenvalue weighted by molar-refractivity contribution is -0.777. The van der Waals surface area contributed by atoms with Crippen molar-refractivity contribution in [3.05, 3.63) is 59.2 Å². The second-order valence-electron chi connectivity index (χ2n) is 3.91. The first-order valence-corrected chi connectivity index (χ1v) is 7.44. The molecule has 118 valence electrons. The third-order valence-corrected chi connectivity index (χ3v) is 4.33. The van der Waals surface area contributed by atoms with Crippen LogP contribution in [0.25, 0.3) is 0 Å². The predicted octanol–water partition coefficient (Wildman–Crippen LogP) is 3.77. The first-order valence-electron chi connectivity index (χ1n) is 5.72. The summed E-state index contributed by atoms with van der Waals surface area (Å²) in [6.07, 6.45) is 0. The molecule has 0 bridgehead atoms. The molecule has 0 unspecified atom stereocenters. The molecule has 0 heterocycles. The van der Waals surface area contributed by atoms with Crippen LogP contribution < -0.4 is 5.26 Å². The number of hydrogen-bond donors (Lipinski definition) is 0. The van der Waals surface area contributed by atoms with E-state index in [-0.39, 0.29) is 17.8 Å². The van der Waals surface area contributed by atoms with Crippen molar-refractivity contribution < 1.29 is 32.2 Å². The van der Waals surface area contributed by atoms with E-state index in [1.807, 2.05) is 0 Å². The van der Waals surface area contributed by atoms with Gasteiger partial charge < -0.3 is 5.26 Å². The summed E-state index contributed by atoms with van der Waals surface area (Å²) in [4.78, 5) is -1.92. The quantitative estimate of drug-likeness (QED) is 0.198. The highest BCUT2D eigenvalue weighted by Crippen LogP contribution is 2.37. The average molecular weight is 351 g/mol. The van der Waals surface area contributed by atoms with Gasteiger partial charge in [0.25, 0.3) is 0 Å². The summed E-state index contributed by atoms with van der Waals surface area (Å²) in [6.45, 7) is 0. The molecule has 0 fully saturated rings. The van der Waals surface area contributed by atoms with Crippen molar-refractivity contribution in [2.45, 2.75) is 15.5 Å². The molecule has 0 aromatic heterocycles. The molecule has 0 atom stereocenters. The first kappa shape index (κ1) is 17.1. The van der Waals surface area contributed by atoms with E-state index in [0.29, 0.717) is 11.8 Å². The van der Waals surface area contributed by atoms with Crippen molar-refractivity contribution in [3.8, 4) is 0 Å². The lowest BCUT2D eigenvalue weighted by atomic mass is 10.2. The van der Waals surface area contributed by atoms with E-state index in [0.717, 1.165) is 5.56 Å². The molecule has 2 aromatic carbocycles. The van der Waals surface area contributed by atoms with Gasteiger partial charge >= 0.3 is 0 Å². The Morgan fingerprint density at radius 2 is 1.41 bits per heavy atom. The molecule has 2 rings (SSSR count). The van der Waals surface area contributed by atoms with E-state index in [9.17, 15) is 22.8 Å². The highest BCUT2D eigenvalue weighted by Gasteiger charge is 2.26. The summed E-state index contributed by atoms with van der Waals surface area (Å²) >= 11 is 0.366. The zero-order valence-electron chi connectivity index (χ0n) is 10.6. The second-order valence-corrected chi connectivity index (χ2v) is 5.60. The fourth-order valence-electron chi connectivity index (χ4n) is 1.57. The van der Waals surface area contributed by atoms with Crippen molar-refractivity contribution >= 4 is 23.8 Å². The van der Waals surface area contributed by atoms with Crippen LogP contribution in [0.2, 0.25) is 0 Å². The summed E-state index contributed by atoms with van der Waals surface area (Å²) in [6, 6.07) is 8.63. The van der Waals surface area contributed by atoms with Gasteiger partial charge in [0.2, 0.25) is 0 Å². The SMILES string of the molecule is [O-]OOSc1c(F)c(F)c(SCc2ccccc2)c(F)c1F. The molecule has 0 saturated heterocycles. The van der Waals surface area contributed by atoms with Gasteiger partial charge in [0.05, 0.1) is 16.9 Å². The zero-order valence-corrected chi connectivity index (χ0v) is 12.3. The van der Waals surface area contributed by atoms with E-state index in [1.165, 1.54) is 0 Å². The molecule has 0 aliphatic heterocycles. The number of thioether (sulfide) groups is 1. The van der Waals surface area contributed by atoms with Gasteiger partial charge in [0.15, 0.2) is 23.3 Å². The molecule has 3 nitrogen and oxygen atoms in total. The third kappa shape index (κ3) is 3.73. The fourth-order valence-corrected chi connectivity index (χ4v) is 2.93. The van der Waals surface area contributed by atoms with Crippen LogP contribution in [-0.2, 0) is 15.1 Å². The Hall–Kier alpha value is -1.26. The first-order chi connectivity index (χ1) is 10.6. The van der Waals surface area contributed by atoms with Crippen molar-refractivity contribution in [2.24, 2.45) is 0 Å². The lowest BCUT2D eigenvalue weighted by Gasteiger charge is -2.11. The summed E-state index contributed by atoms with van der Waals surface area (Å²) in [5.74, 6) is -6.30.